The molecule has 0 unspecified atom stereocenters. The molecule has 2 aromatic carbocycles. The van der Waals surface area contributed by atoms with Crippen LogP contribution in [0.25, 0.3) is 0 Å². The molecule has 8 heteroatoms. The topological polar surface area (TPSA) is 101 Å². The third kappa shape index (κ3) is 5.45. The van der Waals surface area contributed by atoms with Crippen LogP contribution in [0, 0.1) is 5.41 Å². The number of hydrogen-bond acceptors (Lipinski definition) is 4. The van der Waals surface area contributed by atoms with Gasteiger partial charge in [0.2, 0.25) is 5.91 Å². The van der Waals surface area contributed by atoms with Crippen LogP contribution < -0.4 is 15.8 Å². The lowest BCUT2D eigenvalue weighted by Crippen LogP contribution is -2.41. The number of hydrogen-bond donors (Lipinski definition) is 3. The van der Waals surface area contributed by atoms with Gasteiger partial charge in [-0.05, 0) is 43.2 Å². The van der Waals surface area contributed by atoms with Crippen molar-refractivity contribution in [3.63, 3.8) is 0 Å². The van der Waals surface area contributed by atoms with Gasteiger partial charge in [0.15, 0.2) is 0 Å². The molecule has 2 aromatic rings. The molecule has 0 atom stereocenters. The summed E-state index contributed by atoms with van der Waals surface area (Å²) in [4.78, 5) is 12.8. The first-order chi connectivity index (χ1) is 12.4. The predicted octanol–water partition coefficient (Wildman–Crippen LogP) is 3.61. The molecule has 0 radical (unpaired) electrons. The van der Waals surface area contributed by atoms with E-state index in [-0.39, 0.29) is 29.8 Å². The first kappa shape index (κ1) is 23.0. The molecule has 2 rings (SSSR count). The van der Waals surface area contributed by atoms with Gasteiger partial charge in [0.25, 0.3) is 10.0 Å². The summed E-state index contributed by atoms with van der Waals surface area (Å²) in [5.41, 5.74) is 6.07. The lowest BCUT2D eigenvalue weighted by Gasteiger charge is -2.28. The predicted molar refractivity (Wildman–Crippen MR) is 112 cm³/mol. The third-order valence-electron chi connectivity index (χ3n) is 4.65. The maximum atomic E-state index is 12.6. The molecule has 1 amide bonds. The van der Waals surface area contributed by atoms with E-state index >= 15 is 0 Å². The highest BCUT2D eigenvalue weighted by molar-refractivity contribution is 7.92. The first-order valence-electron chi connectivity index (χ1n) is 8.56. The van der Waals surface area contributed by atoms with Crippen LogP contribution in [-0.2, 0) is 14.8 Å². The Labute approximate surface area is 167 Å². The van der Waals surface area contributed by atoms with Gasteiger partial charge in [0.05, 0.1) is 16.0 Å². The van der Waals surface area contributed by atoms with Crippen molar-refractivity contribution in [2.75, 3.05) is 16.6 Å². The maximum absolute atomic E-state index is 12.6. The van der Waals surface area contributed by atoms with Gasteiger partial charge < -0.3 is 11.1 Å². The molecular formula is C19H26ClN3O3S. The van der Waals surface area contributed by atoms with Crippen LogP contribution in [0.2, 0.25) is 0 Å². The second-order valence-electron chi connectivity index (χ2n) is 6.15. The molecule has 0 aliphatic carbocycles. The highest BCUT2D eigenvalue weighted by atomic mass is 35.5. The molecule has 0 spiro atoms. The lowest BCUT2D eigenvalue weighted by molar-refractivity contribution is -0.125. The highest BCUT2D eigenvalue weighted by Crippen LogP contribution is 2.28. The quantitative estimate of drug-likeness (QED) is 0.617. The Morgan fingerprint density at radius 1 is 1.00 bits per heavy atom. The van der Waals surface area contributed by atoms with Crippen molar-refractivity contribution in [2.24, 2.45) is 11.1 Å². The summed E-state index contributed by atoms with van der Waals surface area (Å²) in [5, 5.41) is 2.85. The van der Waals surface area contributed by atoms with E-state index in [9.17, 15) is 13.2 Å². The standard InChI is InChI=1S/C19H25N3O3S.ClH/c1-3-19(4-2,14-20)18(23)21-15-9-8-10-16(13-15)22-26(24,25)17-11-6-5-7-12-17;/h5-13,22H,3-4,14,20H2,1-2H3,(H,21,23);1H. The van der Waals surface area contributed by atoms with Gasteiger partial charge in [-0.15, -0.1) is 12.4 Å². The highest BCUT2D eigenvalue weighted by Gasteiger charge is 2.33. The Kier molecular flexibility index (Phi) is 8.27. The number of halogens is 1. The number of carbonyl (C=O) groups excluding carboxylic acids is 1. The Bertz CT molecular complexity index is 845. The number of sulfonamides is 1. The van der Waals surface area contributed by atoms with Gasteiger partial charge in [-0.2, -0.15) is 0 Å². The lowest BCUT2D eigenvalue weighted by atomic mass is 9.81. The minimum absolute atomic E-state index is 0. The first-order valence-corrected chi connectivity index (χ1v) is 10.0. The third-order valence-corrected chi connectivity index (χ3v) is 6.05. The van der Waals surface area contributed by atoms with Crippen LogP contribution in [0.5, 0.6) is 0 Å². The van der Waals surface area contributed by atoms with Crippen LogP contribution in [0.4, 0.5) is 11.4 Å². The van der Waals surface area contributed by atoms with Gasteiger partial charge >= 0.3 is 0 Å². The number of nitrogens with two attached hydrogens (primary N) is 1. The molecule has 148 valence electrons. The van der Waals surface area contributed by atoms with Gasteiger partial charge in [-0.1, -0.05) is 38.1 Å². The van der Waals surface area contributed by atoms with Crippen molar-refractivity contribution in [3.05, 3.63) is 54.6 Å². The van der Waals surface area contributed by atoms with Crippen LogP contribution in [0.3, 0.4) is 0 Å². The zero-order chi connectivity index (χ0) is 19.2. The average molecular weight is 412 g/mol. The molecule has 27 heavy (non-hydrogen) atoms. The molecule has 0 fully saturated rings. The molecule has 0 aromatic heterocycles. The summed E-state index contributed by atoms with van der Waals surface area (Å²) in [6, 6.07) is 14.7. The van der Waals surface area contributed by atoms with Gasteiger partial charge in [-0.3, -0.25) is 9.52 Å². The van der Waals surface area contributed by atoms with Gasteiger partial charge in [0, 0.05) is 12.2 Å². The van der Waals surface area contributed by atoms with Crippen LogP contribution in [0.15, 0.2) is 59.5 Å². The van der Waals surface area contributed by atoms with E-state index in [4.69, 9.17) is 5.73 Å². The van der Waals surface area contributed by atoms with Crippen molar-refractivity contribution in [1.82, 2.24) is 0 Å². The van der Waals surface area contributed by atoms with E-state index in [1.54, 1.807) is 42.5 Å². The average Bonchev–Trinajstić information content (AvgIpc) is 2.64. The smallest absolute Gasteiger partial charge is 0.261 e. The summed E-state index contributed by atoms with van der Waals surface area (Å²) in [6.07, 6.45) is 1.26. The fourth-order valence-corrected chi connectivity index (χ4v) is 3.76. The zero-order valence-corrected chi connectivity index (χ0v) is 17.1. The maximum Gasteiger partial charge on any atom is 0.261 e. The van der Waals surface area contributed by atoms with Crippen molar-refractivity contribution in [1.29, 1.82) is 0 Å². The molecule has 0 saturated heterocycles. The second-order valence-corrected chi connectivity index (χ2v) is 7.83. The van der Waals surface area contributed by atoms with Gasteiger partial charge in [0.1, 0.15) is 0 Å². The summed E-state index contributed by atoms with van der Waals surface area (Å²) in [6.45, 7) is 4.12. The van der Waals surface area contributed by atoms with Crippen molar-refractivity contribution < 1.29 is 13.2 Å². The molecule has 0 heterocycles. The van der Waals surface area contributed by atoms with E-state index in [0.29, 0.717) is 24.2 Å². The van der Waals surface area contributed by atoms with Crippen molar-refractivity contribution >= 4 is 39.7 Å². The number of rotatable bonds is 8. The van der Waals surface area contributed by atoms with Crippen LogP contribution in [-0.4, -0.2) is 20.9 Å². The molecule has 0 aliphatic heterocycles. The number of amides is 1. The Morgan fingerprint density at radius 3 is 2.15 bits per heavy atom. The van der Waals surface area contributed by atoms with Crippen LogP contribution >= 0.6 is 12.4 Å². The van der Waals surface area contributed by atoms with E-state index in [1.165, 1.54) is 12.1 Å². The summed E-state index contributed by atoms with van der Waals surface area (Å²) >= 11 is 0. The summed E-state index contributed by atoms with van der Waals surface area (Å²) < 4.78 is 27.4. The molecule has 0 bridgehead atoms. The largest absolute Gasteiger partial charge is 0.329 e. The van der Waals surface area contributed by atoms with Crippen LogP contribution in [0.1, 0.15) is 26.7 Å². The van der Waals surface area contributed by atoms with Crippen molar-refractivity contribution in [3.8, 4) is 0 Å². The number of nitrogens with one attached hydrogen (secondary N) is 2. The molecule has 6 nitrogen and oxygen atoms in total. The Morgan fingerprint density at radius 2 is 1.59 bits per heavy atom. The fourth-order valence-electron chi connectivity index (χ4n) is 2.69. The Balaban J connectivity index is 0.00000364. The fraction of sp³-hybridized carbons (Fsp3) is 0.316. The SMILES string of the molecule is CCC(CC)(CN)C(=O)Nc1cccc(NS(=O)(=O)c2ccccc2)c1.Cl. The van der Waals surface area contributed by atoms with E-state index < -0.39 is 15.4 Å². The number of carbonyl (C=O) groups is 1. The minimum Gasteiger partial charge on any atom is -0.329 e. The van der Waals surface area contributed by atoms with E-state index in [0.717, 1.165) is 0 Å². The monoisotopic (exact) mass is 411 g/mol. The number of benzene rings is 2. The molecule has 0 aliphatic rings. The van der Waals surface area contributed by atoms with E-state index in [1.807, 2.05) is 13.8 Å². The normalized spacial score (nSPS) is 11.4. The molecule has 4 N–H and O–H groups in total. The molecular weight excluding hydrogens is 386 g/mol. The summed E-state index contributed by atoms with van der Waals surface area (Å²) in [7, 11) is -3.68. The number of anilines is 2. The molecule has 0 saturated carbocycles. The zero-order valence-electron chi connectivity index (χ0n) is 15.4. The Hall–Kier alpha value is -2.09. The summed E-state index contributed by atoms with van der Waals surface area (Å²) in [5.74, 6) is -0.159. The minimum atomic E-state index is -3.68. The van der Waals surface area contributed by atoms with Crippen molar-refractivity contribution in [2.45, 2.75) is 31.6 Å². The second kappa shape index (κ2) is 9.73. The van der Waals surface area contributed by atoms with E-state index in [2.05, 4.69) is 10.0 Å². The van der Waals surface area contributed by atoms with Gasteiger partial charge in [-0.25, -0.2) is 8.42 Å².